The summed E-state index contributed by atoms with van der Waals surface area (Å²) in [6.45, 7) is 2.95. The molecule has 9 rings (SSSR count). The molecule has 0 saturated carbocycles. The number of aliphatic hydroxyl groups excluding tert-OH is 1. The lowest BCUT2D eigenvalue weighted by molar-refractivity contribution is -0.152. The van der Waals surface area contributed by atoms with Gasteiger partial charge in [-0.25, -0.2) is 0 Å². The average molecular weight is 1140 g/mol. The normalized spacial score (nSPS) is 22.9. The third kappa shape index (κ3) is 16.3. The summed E-state index contributed by atoms with van der Waals surface area (Å²) in [6.07, 6.45) is -0.501. The van der Waals surface area contributed by atoms with Crippen LogP contribution in [0.1, 0.15) is 40.7 Å². The third-order valence-electron chi connectivity index (χ3n) is 15.1. The number of aliphatic hydroxyl groups is 1. The molecule has 3 fully saturated rings. The molecule has 1 aromatic heterocycles. The van der Waals surface area contributed by atoms with Crippen molar-refractivity contribution in [3.05, 3.63) is 172 Å². The zero-order valence-electron chi connectivity index (χ0n) is 45.6. The smallest absolute Gasteiger partial charge is 0.246 e. The van der Waals surface area contributed by atoms with Gasteiger partial charge in [-0.05, 0) is 71.0 Å². The number of hydrogen-bond donors (Lipinski definition) is 10. The number of carbonyl (C=O) groups excluding carboxylic acids is 6. The number of para-hydroxylation sites is 1. The molecule has 0 bridgehead atoms. The first-order chi connectivity index (χ1) is 39.8. The fourth-order valence-corrected chi connectivity index (χ4v) is 10.8. The number of nitrogens with one attached hydrogen (secondary N) is 8. The Kier molecular flexibility index (Phi) is 20.7. The van der Waals surface area contributed by atoms with E-state index < -0.39 is 84.2 Å². The number of fused-ring (bicyclic) bond motifs is 2. The zero-order valence-corrected chi connectivity index (χ0v) is 46.3. The minimum atomic E-state index is -1.51. The lowest BCUT2D eigenvalue weighted by Gasteiger charge is -2.33. The quantitative estimate of drug-likeness (QED) is 0.0522. The number of aromatic amines is 1. The molecule has 11 N–H and O–H groups in total. The number of amides is 6. The third-order valence-corrected chi connectivity index (χ3v) is 15.3. The molecule has 432 valence electrons. The summed E-state index contributed by atoms with van der Waals surface area (Å²) < 4.78 is 12.0. The molecule has 8 atom stereocenters. The van der Waals surface area contributed by atoms with Crippen LogP contribution in [-0.2, 0) is 65.8 Å². The molecule has 82 heavy (non-hydrogen) atoms. The number of hydrogen-bond acceptors (Lipinski definition) is 13. The number of rotatable bonds is 19. The maximum absolute atomic E-state index is 15.5. The van der Waals surface area contributed by atoms with Gasteiger partial charge in [0.1, 0.15) is 48.6 Å². The second-order valence-corrected chi connectivity index (χ2v) is 21.4. The number of halogens is 1. The Labute approximate surface area is 481 Å². The van der Waals surface area contributed by atoms with Crippen LogP contribution in [0.3, 0.4) is 0 Å². The molecule has 3 saturated heterocycles. The number of piperazine rings is 1. The van der Waals surface area contributed by atoms with Crippen LogP contribution in [0.2, 0.25) is 5.02 Å². The number of nitrogens with two attached hydrogens (primary N) is 1. The van der Waals surface area contributed by atoms with E-state index in [1.54, 1.807) is 54.7 Å². The van der Waals surface area contributed by atoms with Gasteiger partial charge < -0.3 is 62.1 Å². The van der Waals surface area contributed by atoms with Gasteiger partial charge >= 0.3 is 0 Å². The van der Waals surface area contributed by atoms with Crippen molar-refractivity contribution in [3.8, 4) is 5.75 Å². The number of nitrogens with zero attached hydrogens (tertiary/aromatic N) is 2. The fraction of sp³-hybridized carbons (Fsp3) is 0.377. The van der Waals surface area contributed by atoms with Gasteiger partial charge in [-0.1, -0.05) is 115 Å². The largest absolute Gasteiger partial charge is 0.489 e. The summed E-state index contributed by atoms with van der Waals surface area (Å²) in [7, 11) is 0. The topological polar surface area (TPSA) is 274 Å². The highest BCUT2D eigenvalue weighted by Crippen LogP contribution is 2.26. The minimum Gasteiger partial charge on any atom is -0.489 e. The van der Waals surface area contributed by atoms with E-state index in [1.807, 2.05) is 89.8 Å². The highest BCUT2D eigenvalue weighted by atomic mass is 35.5. The molecule has 0 aliphatic carbocycles. The van der Waals surface area contributed by atoms with Gasteiger partial charge in [0.2, 0.25) is 41.9 Å². The maximum atomic E-state index is 15.5. The molecule has 21 heteroatoms. The Balaban J connectivity index is 1.11. The number of carbonyl (C=O) groups is 6. The molecule has 6 aromatic rings. The first kappa shape index (κ1) is 58.9. The predicted molar refractivity (Wildman–Crippen MR) is 310 cm³/mol. The first-order valence-corrected chi connectivity index (χ1v) is 28.3. The van der Waals surface area contributed by atoms with Gasteiger partial charge in [0.25, 0.3) is 0 Å². The number of aryl methyl sites for hydroxylation is 1. The van der Waals surface area contributed by atoms with Crippen molar-refractivity contribution in [2.45, 2.75) is 93.9 Å². The van der Waals surface area contributed by atoms with E-state index in [1.165, 1.54) is 4.90 Å². The monoisotopic (exact) mass is 1140 g/mol. The summed E-state index contributed by atoms with van der Waals surface area (Å²) in [4.78, 5) is 97.9. The molecule has 3 aliphatic heterocycles. The van der Waals surface area contributed by atoms with Crippen molar-refractivity contribution in [1.29, 1.82) is 0 Å². The Morgan fingerprint density at radius 3 is 1.90 bits per heavy atom. The van der Waals surface area contributed by atoms with Crippen LogP contribution in [0.15, 0.2) is 140 Å². The summed E-state index contributed by atoms with van der Waals surface area (Å²) >= 11 is 6.32. The Hall–Kier alpha value is -7.69. The van der Waals surface area contributed by atoms with E-state index in [0.29, 0.717) is 66.7 Å². The van der Waals surface area contributed by atoms with Crippen LogP contribution < -0.4 is 47.7 Å². The van der Waals surface area contributed by atoms with Crippen molar-refractivity contribution < 1.29 is 43.3 Å². The van der Waals surface area contributed by atoms with E-state index in [2.05, 4.69) is 42.2 Å². The van der Waals surface area contributed by atoms with Crippen molar-refractivity contribution in [2.75, 3.05) is 52.4 Å². The van der Waals surface area contributed by atoms with Gasteiger partial charge in [0.05, 0.1) is 6.10 Å². The first-order valence-electron chi connectivity index (χ1n) is 28.0. The van der Waals surface area contributed by atoms with Crippen molar-refractivity contribution in [3.63, 3.8) is 0 Å². The standard InChI is InChI=1S/C61H72ClN11O9/c62-44-20-15-40(16-21-44)32-52-60(79)73-36-46(82-61(80)65-26-25-63)34-54(73)59(78)67-49(24-19-39-9-3-1-4-10-39)55(74)69-51(33-43-35-66-48-14-8-7-13-47(43)48)57(76)71-53(37-72-29-27-64-28-30-72)58(77)68-50(56(75)70-52)31-41-17-22-45(23-18-41)81-38-42-11-5-2-6-12-42/h1-18,20-23,35,46,49-54,61,64-66,80H,19,24-34,36-38,63H2,(H,67,78)(H,68,77)(H,69,74)(H,70,75)(H,71,76)/t46-,49-,50+,51-,52+,53+,54+,61?/m1/s1. The van der Waals surface area contributed by atoms with Crippen LogP contribution in [0, 0.1) is 0 Å². The van der Waals surface area contributed by atoms with E-state index in [-0.39, 0.29) is 58.3 Å². The van der Waals surface area contributed by atoms with Gasteiger partial charge in [0, 0.05) is 100 Å². The molecule has 1 unspecified atom stereocenters. The van der Waals surface area contributed by atoms with Crippen molar-refractivity contribution >= 4 is 57.9 Å². The van der Waals surface area contributed by atoms with Crippen LogP contribution in [0.25, 0.3) is 10.9 Å². The highest BCUT2D eigenvalue weighted by Gasteiger charge is 2.45. The Morgan fingerprint density at radius 1 is 0.634 bits per heavy atom. The van der Waals surface area contributed by atoms with Crippen LogP contribution >= 0.6 is 11.6 Å². The Morgan fingerprint density at radius 2 is 1.21 bits per heavy atom. The second kappa shape index (κ2) is 28.8. The molecule has 0 spiro atoms. The summed E-state index contributed by atoms with van der Waals surface area (Å²) in [5.41, 5.74) is 10.3. The van der Waals surface area contributed by atoms with E-state index in [4.69, 9.17) is 26.8 Å². The number of benzene rings is 5. The lowest BCUT2D eigenvalue weighted by Crippen LogP contribution is -2.63. The lowest BCUT2D eigenvalue weighted by atomic mass is 10.00. The SMILES string of the molecule is NCCNC(O)O[C@@H]1C[C@H]2C(=O)N[C@H](CCc3ccccc3)C(=O)N[C@H](Cc3c[nH]c4ccccc34)C(=O)N[C@@H](CN3CCNCC3)C(=O)N[C@@H](Cc3ccc(OCc4ccccc4)cc3)C(=O)N[C@@H](Cc3ccc(Cl)cc3)C(=O)N2C1. The van der Waals surface area contributed by atoms with Crippen molar-refractivity contribution in [1.82, 2.24) is 52.0 Å². The van der Waals surface area contributed by atoms with E-state index in [0.717, 1.165) is 22.0 Å². The fourth-order valence-electron chi connectivity index (χ4n) is 10.6. The molecule has 6 amide bonds. The van der Waals surface area contributed by atoms with E-state index in [9.17, 15) is 5.11 Å². The van der Waals surface area contributed by atoms with Gasteiger partial charge in [0.15, 0.2) is 0 Å². The number of aromatic nitrogens is 1. The van der Waals surface area contributed by atoms with Crippen molar-refractivity contribution in [2.24, 2.45) is 5.73 Å². The van der Waals surface area contributed by atoms with Gasteiger partial charge in [-0.15, -0.1) is 0 Å². The van der Waals surface area contributed by atoms with Crippen LogP contribution in [0.4, 0.5) is 0 Å². The predicted octanol–water partition coefficient (Wildman–Crippen LogP) is 2.21. The molecule has 20 nitrogen and oxygen atoms in total. The average Bonchev–Trinajstić information content (AvgIpc) is 4.34. The zero-order chi connectivity index (χ0) is 57.4. The highest BCUT2D eigenvalue weighted by molar-refractivity contribution is 6.30. The second-order valence-electron chi connectivity index (χ2n) is 21.0. The number of H-pyrrole nitrogens is 1. The summed E-state index contributed by atoms with van der Waals surface area (Å²) in [5, 5.41) is 33.1. The van der Waals surface area contributed by atoms with Crippen LogP contribution in [0.5, 0.6) is 5.75 Å². The molecular formula is C61H72ClN11O9. The molecule has 4 heterocycles. The summed E-state index contributed by atoms with van der Waals surface area (Å²) in [6, 6.07) is 32.8. The summed E-state index contributed by atoms with van der Waals surface area (Å²) in [5.74, 6) is -3.55. The minimum absolute atomic E-state index is 0.0154. The molecule has 3 aliphatic rings. The molecule has 0 radical (unpaired) electrons. The maximum Gasteiger partial charge on any atom is 0.246 e. The van der Waals surface area contributed by atoms with Gasteiger partial charge in [-0.2, -0.15) is 0 Å². The molecule has 5 aromatic carbocycles. The number of ether oxygens (including phenoxy) is 2. The van der Waals surface area contributed by atoms with Crippen LogP contribution in [-0.4, -0.2) is 156 Å². The Bertz CT molecular complexity index is 3090. The van der Waals surface area contributed by atoms with Gasteiger partial charge in [-0.3, -0.25) is 39.0 Å². The molecular weight excluding hydrogens is 1070 g/mol. The van der Waals surface area contributed by atoms with E-state index >= 15 is 28.8 Å².